The second-order valence-electron chi connectivity index (χ2n) is 6.91. The monoisotopic (exact) mass is 422 g/mol. The van der Waals surface area contributed by atoms with Crippen molar-refractivity contribution in [3.8, 4) is 17.2 Å². The minimum absolute atomic E-state index is 0.0352. The molecule has 2 amide bonds. The van der Waals surface area contributed by atoms with Crippen LogP contribution in [-0.4, -0.2) is 63.2 Å². The highest BCUT2D eigenvalue weighted by Gasteiger charge is 2.17. The van der Waals surface area contributed by atoms with Crippen LogP contribution in [0.3, 0.4) is 0 Å². The third kappa shape index (κ3) is 4.97. The van der Waals surface area contributed by atoms with Crippen LogP contribution in [0.25, 0.3) is 5.69 Å². The van der Waals surface area contributed by atoms with Crippen LogP contribution < -0.4 is 14.8 Å². The van der Waals surface area contributed by atoms with E-state index in [1.807, 2.05) is 31.2 Å². The SMILES string of the molecule is CCN(CC(=O)Nc1ccc2c(c1)OCCO2)C(=O)Cc1ccc(-n2cnnn2)cc1. The van der Waals surface area contributed by atoms with Crippen molar-refractivity contribution < 1.29 is 19.1 Å². The molecule has 10 nitrogen and oxygen atoms in total. The predicted molar refractivity (Wildman–Crippen MR) is 111 cm³/mol. The average Bonchev–Trinajstić information content (AvgIpc) is 3.33. The molecule has 1 aromatic heterocycles. The number of carbonyl (C=O) groups excluding carboxylic acids is 2. The number of nitrogens with one attached hydrogen (secondary N) is 1. The van der Waals surface area contributed by atoms with Gasteiger partial charge in [-0.1, -0.05) is 12.1 Å². The molecular weight excluding hydrogens is 400 g/mol. The highest BCUT2D eigenvalue weighted by molar-refractivity contribution is 5.95. The quantitative estimate of drug-likeness (QED) is 0.614. The predicted octanol–water partition coefficient (Wildman–Crippen LogP) is 1.46. The molecule has 2 aromatic carbocycles. The summed E-state index contributed by atoms with van der Waals surface area (Å²) in [6, 6.07) is 12.6. The van der Waals surface area contributed by atoms with Crippen molar-refractivity contribution in [1.29, 1.82) is 0 Å². The molecule has 1 aliphatic heterocycles. The summed E-state index contributed by atoms with van der Waals surface area (Å²) in [4.78, 5) is 26.7. The number of amides is 2. The molecule has 4 rings (SSSR count). The third-order valence-corrected chi connectivity index (χ3v) is 4.80. The smallest absolute Gasteiger partial charge is 0.243 e. The lowest BCUT2D eigenvalue weighted by Crippen LogP contribution is -2.38. The molecule has 0 saturated carbocycles. The Morgan fingerprint density at radius 3 is 2.58 bits per heavy atom. The Morgan fingerprint density at radius 2 is 1.87 bits per heavy atom. The third-order valence-electron chi connectivity index (χ3n) is 4.80. The van der Waals surface area contributed by atoms with Crippen LogP contribution in [0, 0.1) is 0 Å². The second kappa shape index (κ2) is 9.24. The van der Waals surface area contributed by atoms with E-state index in [1.165, 1.54) is 15.9 Å². The lowest BCUT2D eigenvalue weighted by atomic mass is 10.1. The summed E-state index contributed by atoms with van der Waals surface area (Å²) in [5, 5.41) is 13.8. The number of carbonyl (C=O) groups is 2. The van der Waals surface area contributed by atoms with Crippen LogP contribution in [-0.2, 0) is 16.0 Å². The summed E-state index contributed by atoms with van der Waals surface area (Å²) >= 11 is 0. The number of anilines is 1. The van der Waals surface area contributed by atoms with Crippen molar-refractivity contribution in [2.75, 3.05) is 31.6 Å². The molecular formula is C21H22N6O4. The van der Waals surface area contributed by atoms with Gasteiger partial charge in [-0.05, 0) is 47.2 Å². The van der Waals surface area contributed by atoms with E-state index in [2.05, 4.69) is 20.8 Å². The van der Waals surface area contributed by atoms with E-state index in [9.17, 15) is 9.59 Å². The Morgan fingerprint density at radius 1 is 1.10 bits per heavy atom. The Bertz CT molecular complexity index is 1050. The normalized spacial score (nSPS) is 12.3. The van der Waals surface area contributed by atoms with Gasteiger partial charge in [-0.25, -0.2) is 4.68 Å². The molecule has 31 heavy (non-hydrogen) atoms. The molecule has 0 saturated heterocycles. The zero-order chi connectivity index (χ0) is 21.6. The van der Waals surface area contributed by atoms with Crippen LogP contribution in [0.1, 0.15) is 12.5 Å². The Labute approximate surface area is 178 Å². The molecule has 1 N–H and O–H groups in total. The largest absolute Gasteiger partial charge is 0.486 e. The van der Waals surface area contributed by atoms with Crippen LogP contribution in [0.5, 0.6) is 11.5 Å². The summed E-state index contributed by atoms with van der Waals surface area (Å²) in [7, 11) is 0. The van der Waals surface area contributed by atoms with Crippen molar-refractivity contribution in [2.45, 2.75) is 13.3 Å². The van der Waals surface area contributed by atoms with Gasteiger partial charge in [0, 0.05) is 18.3 Å². The van der Waals surface area contributed by atoms with Gasteiger partial charge >= 0.3 is 0 Å². The highest BCUT2D eigenvalue weighted by atomic mass is 16.6. The van der Waals surface area contributed by atoms with Gasteiger partial charge in [-0.3, -0.25) is 9.59 Å². The maximum atomic E-state index is 12.7. The number of fused-ring (bicyclic) bond motifs is 1. The van der Waals surface area contributed by atoms with Gasteiger partial charge in [0.15, 0.2) is 11.5 Å². The van der Waals surface area contributed by atoms with Crippen LogP contribution in [0.2, 0.25) is 0 Å². The number of likely N-dealkylation sites (N-methyl/N-ethyl adjacent to an activating group) is 1. The fourth-order valence-electron chi connectivity index (χ4n) is 3.20. The van der Waals surface area contributed by atoms with E-state index < -0.39 is 0 Å². The first-order valence-electron chi connectivity index (χ1n) is 9.92. The maximum Gasteiger partial charge on any atom is 0.243 e. The van der Waals surface area contributed by atoms with Crippen molar-refractivity contribution in [2.24, 2.45) is 0 Å². The van der Waals surface area contributed by atoms with Gasteiger partial charge in [0.25, 0.3) is 0 Å². The van der Waals surface area contributed by atoms with Crippen LogP contribution >= 0.6 is 0 Å². The molecule has 2 heterocycles. The minimum atomic E-state index is -0.277. The Balaban J connectivity index is 1.33. The second-order valence-corrected chi connectivity index (χ2v) is 6.91. The molecule has 0 radical (unpaired) electrons. The molecule has 160 valence electrons. The van der Waals surface area contributed by atoms with Crippen molar-refractivity contribution in [1.82, 2.24) is 25.1 Å². The first kappa shape index (κ1) is 20.3. The van der Waals surface area contributed by atoms with E-state index in [0.717, 1.165) is 11.3 Å². The standard InChI is InChI=1S/C21H22N6O4/c1-2-26(13-20(28)23-16-5-8-18-19(12-16)31-10-9-30-18)21(29)11-15-3-6-17(7-4-15)27-14-22-24-25-27/h3-8,12,14H,2,9-11,13H2,1H3,(H,23,28). The molecule has 0 bridgehead atoms. The Kier molecular flexibility index (Phi) is 6.06. The number of benzene rings is 2. The number of hydrogen-bond acceptors (Lipinski definition) is 7. The molecule has 0 aliphatic carbocycles. The number of aromatic nitrogens is 4. The van der Waals surface area contributed by atoms with Gasteiger partial charge in [0.05, 0.1) is 18.7 Å². The molecule has 0 atom stereocenters. The number of rotatable bonds is 7. The number of hydrogen-bond donors (Lipinski definition) is 1. The van der Waals surface area contributed by atoms with Gasteiger partial charge < -0.3 is 19.7 Å². The molecule has 0 unspecified atom stereocenters. The van der Waals surface area contributed by atoms with Gasteiger partial charge in [-0.2, -0.15) is 0 Å². The van der Waals surface area contributed by atoms with Crippen molar-refractivity contribution in [3.63, 3.8) is 0 Å². The first-order chi connectivity index (χ1) is 15.1. The van der Waals surface area contributed by atoms with Crippen molar-refractivity contribution >= 4 is 17.5 Å². The fraction of sp³-hybridized carbons (Fsp3) is 0.286. The lowest BCUT2D eigenvalue weighted by Gasteiger charge is -2.21. The summed E-state index contributed by atoms with van der Waals surface area (Å²) in [5.74, 6) is 0.842. The molecule has 0 spiro atoms. The maximum absolute atomic E-state index is 12.7. The molecule has 10 heteroatoms. The van der Waals surface area contributed by atoms with E-state index in [0.29, 0.717) is 36.9 Å². The number of tetrazole rings is 1. The van der Waals surface area contributed by atoms with Gasteiger partial charge in [0.1, 0.15) is 19.5 Å². The lowest BCUT2D eigenvalue weighted by molar-refractivity contribution is -0.133. The average molecular weight is 422 g/mol. The van der Waals surface area contributed by atoms with Crippen molar-refractivity contribution in [3.05, 3.63) is 54.4 Å². The fourth-order valence-corrected chi connectivity index (χ4v) is 3.20. The number of ether oxygens (including phenoxy) is 2. The minimum Gasteiger partial charge on any atom is -0.486 e. The molecule has 3 aromatic rings. The van der Waals surface area contributed by atoms with Gasteiger partial charge in [-0.15, -0.1) is 5.10 Å². The zero-order valence-electron chi connectivity index (χ0n) is 17.0. The Hall–Kier alpha value is -3.95. The van der Waals surface area contributed by atoms with E-state index in [-0.39, 0.29) is 24.8 Å². The van der Waals surface area contributed by atoms with Gasteiger partial charge in [0.2, 0.25) is 11.8 Å². The zero-order valence-corrected chi connectivity index (χ0v) is 17.0. The summed E-state index contributed by atoms with van der Waals surface area (Å²) in [5.41, 5.74) is 2.23. The van der Waals surface area contributed by atoms with E-state index >= 15 is 0 Å². The molecule has 0 fully saturated rings. The number of nitrogens with zero attached hydrogens (tertiary/aromatic N) is 5. The molecule has 1 aliphatic rings. The summed E-state index contributed by atoms with van der Waals surface area (Å²) < 4.78 is 12.5. The van der Waals surface area contributed by atoms with Crippen LogP contribution in [0.15, 0.2) is 48.8 Å². The van der Waals surface area contributed by atoms with E-state index in [1.54, 1.807) is 18.2 Å². The van der Waals surface area contributed by atoms with Crippen LogP contribution in [0.4, 0.5) is 5.69 Å². The summed E-state index contributed by atoms with van der Waals surface area (Å²) in [6.45, 7) is 3.21. The van der Waals surface area contributed by atoms with E-state index in [4.69, 9.17) is 9.47 Å². The topological polar surface area (TPSA) is 111 Å². The first-order valence-corrected chi connectivity index (χ1v) is 9.92. The highest BCUT2D eigenvalue weighted by Crippen LogP contribution is 2.32. The summed E-state index contributed by atoms with van der Waals surface area (Å²) in [6.07, 6.45) is 1.69.